The average molecular weight is 661 g/mol. The van der Waals surface area contributed by atoms with E-state index in [1.165, 1.54) is 16.3 Å². The van der Waals surface area contributed by atoms with Crippen LogP contribution in [-0.2, 0) is 34.7 Å². The number of nitrogens with zero attached hydrogens (tertiary/aromatic N) is 5. The van der Waals surface area contributed by atoms with E-state index in [0.29, 0.717) is 10.7 Å². The smallest absolute Gasteiger partial charge is 0.491 e. The van der Waals surface area contributed by atoms with Crippen molar-refractivity contribution < 1.29 is 50.9 Å². The average Bonchev–Trinajstić information content (AvgIpc) is 3.32. The molecule has 2 aliphatic heterocycles. The van der Waals surface area contributed by atoms with Crippen LogP contribution in [0, 0.1) is 6.92 Å². The third-order valence-electron chi connectivity index (χ3n) is 6.17. The number of amides is 1. The Morgan fingerprint density at radius 1 is 1.21 bits per heavy atom. The first-order valence-corrected chi connectivity index (χ1v) is 15.6. The molecule has 3 aromatic rings. The zero-order chi connectivity index (χ0) is 31.4. The van der Waals surface area contributed by atoms with Crippen molar-refractivity contribution in [3.05, 3.63) is 47.1 Å². The number of carbonyl (C=O) groups is 3. The molecular formula is C23H19F3N6O8S3. The van der Waals surface area contributed by atoms with E-state index in [9.17, 15) is 46.2 Å². The maximum absolute atomic E-state index is 12.9. The molecule has 20 heteroatoms. The second kappa shape index (κ2) is 11.0. The number of phenols is 2. The number of β-lactam (4-membered cyclic amide) rings is 1. The molecule has 1 amide bonds. The summed E-state index contributed by atoms with van der Waals surface area (Å²) in [6.07, 6.45) is -5.44. The van der Waals surface area contributed by atoms with E-state index in [0.717, 1.165) is 34.9 Å². The number of fused-ring (bicyclic) bond motifs is 2. The molecule has 1 aromatic carbocycles. The predicted octanol–water partition coefficient (Wildman–Crippen LogP) is 1.04. The molecule has 0 bridgehead atoms. The van der Waals surface area contributed by atoms with Gasteiger partial charge in [-0.25, -0.2) is 23.0 Å². The molecule has 14 nitrogen and oxygen atoms in total. The lowest BCUT2D eigenvalue weighted by atomic mass is 10.0. The van der Waals surface area contributed by atoms with Gasteiger partial charge in [0.25, 0.3) is 5.78 Å². The molecule has 2 atom stereocenters. The van der Waals surface area contributed by atoms with Gasteiger partial charge in [-0.3, -0.25) is 9.69 Å². The van der Waals surface area contributed by atoms with E-state index in [1.54, 1.807) is 13.0 Å². The minimum atomic E-state index is -5.44. The van der Waals surface area contributed by atoms with Crippen LogP contribution in [0.1, 0.15) is 11.5 Å². The number of rotatable bonds is 7. The Labute approximate surface area is 248 Å². The molecule has 0 aliphatic carbocycles. The lowest BCUT2D eigenvalue weighted by molar-refractivity contribution is -0.201. The number of nitrogens with two attached hydrogens (primary N) is 1. The van der Waals surface area contributed by atoms with Crippen molar-refractivity contribution in [2.24, 2.45) is 5.73 Å². The Hall–Kier alpha value is -3.88. The number of thioether (sulfide) groups is 2. The van der Waals surface area contributed by atoms with Crippen molar-refractivity contribution in [3.63, 3.8) is 0 Å². The Bertz CT molecular complexity index is 1830. The Kier molecular flexibility index (Phi) is 7.82. The minimum absolute atomic E-state index is 0.0209. The van der Waals surface area contributed by atoms with Gasteiger partial charge in [-0.1, -0.05) is 0 Å². The standard InChI is InChI=1S/C23H19F3N6O8S3/c1-9-4-15(32-22(28-9)29-14(30-32)8-43(38,39)11-2-3-12(33)13(34)5-11)41-6-10-7-42-19-16(27)18(35)31(19)17(10)20(36)40-21(37)23(24,25)26/h2-5,16,19,33-34H,6-8,27H2,1H3/t16-,19-/m1/s1. The van der Waals surface area contributed by atoms with Gasteiger partial charge in [-0.15, -0.1) is 28.6 Å². The summed E-state index contributed by atoms with van der Waals surface area (Å²) in [5, 5.41) is 23.0. The van der Waals surface area contributed by atoms with Gasteiger partial charge in [-0.05, 0) is 30.7 Å². The van der Waals surface area contributed by atoms with E-state index in [2.05, 4.69) is 19.8 Å². The van der Waals surface area contributed by atoms with Crippen LogP contribution in [0.4, 0.5) is 13.2 Å². The highest BCUT2D eigenvalue weighted by Gasteiger charge is 2.53. The summed E-state index contributed by atoms with van der Waals surface area (Å²) in [4.78, 5) is 45.5. The number of phenolic OH excluding ortho intramolecular Hbond substituents is 2. The van der Waals surface area contributed by atoms with E-state index in [4.69, 9.17) is 5.73 Å². The highest BCUT2D eigenvalue weighted by Crippen LogP contribution is 2.41. The lowest BCUT2D eigenvalue weighted by Crippen LogP contribution is -2.68. The summed E-state index contributed by atoms with van der Waals surface area (Å²) < 4.78 is 69.3. The molecule has 2 aromatic heterocycles. The maximum Gasteiger partial charge on any atom is 0.491 e. The number of aromatic nitrogens is 4. The second-order valence-corrected chi connectivity index (χ2v) is 13.3. The molecule has 43 heavy (non-hydrogen) atoms. The highest BCUT2D eigenvalue weighted by molar-refractivity contribution is 8.01. The van der Waals surface area contributed by atoms with E-state index >= 15 is 0 Å². The third-order valence-corrected chi connectivity index (χ3v) is 10.2. The molecule has 1 fully saturated rings. The molecule has 0 radical (unpaired) electrons. The van der Waals surface area contributed by atoms with Gasteiger partial charge in [0.2, 0.25) is 5.91 Å². The number of alkyl halides is 3. The van der Waals surface area contributed by atoms with Crippen LogP contribution in [-0.4, -0.2) is 90.1 Å². The van der Waals surface area contributed by atoms with Crippen molar-refractivity contribution in [2.75, 3.05) is 11.5 Å². The fourth-order valence-corrected chi connectivity index (χ4v) is 7.82. The van der Waals surface area contributed by atoms with Gasteiger partial charge in [-0.2, -0.15) is 22.7 Å². The molecule has 5 rings (SSSR count). The van der Waals surface area contributed by atoms with E-state index in [-0.39, 0.29) is 33.6 Å². The normalized spacial score (nSPS) is 18.9. The number of halogens is 3. The van der Waals surface area contributed by atoms with Crippen LogP contribution < -0.4 is 5.73 Å². The minimum Gasteiger partial charge on any atom is -0.504 e. The molecule has 0 saturated carbocycles. The molecule has 0 spiro atoms. The summed E-state index contributed by atoms with van der Waals surface area (Å²) >= 11 is 2.21. The number of aromatic hydroxyl groups is 2. The Balaban J connectivity index is 1.43. The van der Waals surface area contributed by atoms with Crippen LogP contribution in [0.25, 0.3) is 5.78 Å². The fourth-order valence-electron chi connectivity index (χ4n) is 4.14. The Morgan fingerprint density at radius 2 is 1.93 bits per heavy atom. The summed E-state index contributed by atoms with van der Waals surface area (Å²) in [6.45, 7) is 1.63. The van der Waals surface area contributed by atoms with Crippen LogP contribution in [0.15, 0.2) is 45.5 Å². The molecular weight excluding hydrogens is 641 g/mol. The molecule has 0 unspecified atom stereocenters. The van der Waals surface area contributed by atoms with Gasteiger partial charge < -0.3 is 20.7 Å². The largest absolute Gasteiger partial charge is 0.504 e. The van der Waals surface area contributed by atoms with Gasteiger partial charge in [0.1, 0.15) is 27.9 Å². The van der Waals surface area contributed by atoms with Crippen molar-refractivity contribution >= 4 is 57.0 Å². The monoisotopic (exact) mass is 660 g/mol. The van der Waals surface area contributed by atoms with Crippen LogP contribution in [0.3, 0.4) is 0 Å². The van der Waals surface area contributed by atoms with Crippen LogP contribution in [0.2, 0.25) is 0 Å². The summed E-state index contributed by atoms with van der Waals surface area (Å²) in [6, 6.07) is 3.58. The number of hydrogen-bond donors (Lipinski definition) is 3. The molecule has 4 N–H and O–H groups in total. The fraction of sp³-hybridized carbons (Fsp3) is 0.304. The quantitative estimate of drug-likeness (QED) is 0.0809. The number of carbonyl (C=O) groups excluding carboxylic acids is 3. The summed E-state index contributed by atoms with van der Waals surface area (Å²) in [7, 11) is -4.07. The van der Waals surface area contributed by atoms with Gasteiger partial charge in [0, 0.05) is 23.3 Å². The van der Waals surface area contributed by atoms with Crippen molar-refractivity contribution in [1.29, 1.82) is 0 Å². The third kappa shape index (κ3) is 5.86. The molecule has 2 aliphatic rings. The first-order valence-electron chi connectivity index (χ1n) is 11.9. The Morgan fingerprint density at radius 3 is 2.60 bits per heavy atom. The van der Waals surface area contributed by atoms with Crippen molar-refractivity contribution in [1.82, 2.24) is 24.5 Å². The van der Waals surface area contributed by atoms with E-state index in [1.807, 2.05) is 0 Å². The molecule has 1 saturated heterocycles. The van der Waals surface area contributed by atoms with Crippen LogP contribution >= 0.6 is 23.5 Å². The maximum atomic E-state index is 12.9. The van der Waals surface area contributed by atoms with Gasteiger partial charge in [0.15, 0.2) is 27.2 Å². The first-order chi connectivity index (χ1) is 20.1. The van der Waals surface area contributed by atoms with Crippen molar-refractivity contribution in [2.45, 2.75) is 40.2 Å². The number of ether oxygens (including phenoxy) is 1. The number of sulfone groups is 1. The molecule has 4 heterocycles. The van der Waals surface area contributed by atoms with Gasteiger partial charge >= 0.3 is 18.1 Å². The predicted molar refractivity (Wildman–Crippen MR) is 142 cm³/mol. The second-order valence-electron chi connectivity index (χ2n) is 9.24. The summed E-state index contributed by atoms with van der Waals surface area (Å²) in [5.74, 6) is -7.06. The zero-order valence-corrected chi connectivity index (χ0v) is 24.1. The SMILES string of the molecule is Cc1cc(SCC2=C(C(=O)OC(=O)C(F)(F)F)N3C(=O)[C@@H](N)[C@H]3SC2)n2nc(CS(=O)(=O)c3ccc(O)c(O)c3)nc2n1. The zero-order valence-electron chi connectivity index (χ0n) is 21.6. The number of benzene rings is 1. The van der Waals surface area contributed by atoms with E-state index < -0.39 is 68.2 Å². The number of hydrogen-bond acceptors (Lipinski definition) is 14. The number of aryl methyl sites for hydroxylation is 1. The molecule has 228 valence electrons. The van der Waals surface area contributed by atoms with Crippen LogP contribution in [0.5, 0.6) is 11.5 Å². The topological polar surface area (TPSA) is 207 Å². The van der Waals surface area contributed by atoms with Crippen molar-refractivity contribution in [3.8, 4) is 11.5 Å². The van der Waals surface area contributed by atoms with Gasteiger partial charge in [0.05, 0.1) is 4.90 Å². The summed E-state index contributed by atoms with van der Waals surface area (Å²) in [5.41, 5.74) is 5.89. The number of esters is 2. The lowest BCUT2D eigenvalue weighted by Gasteiger charge is -2.48. The highest BCUT2D eigenvalue weighted by atomic mass is 32.2. The first kappa shape index (κ1) is 30.6.